The third-order valence-electron chi connectivity index (χ3n) is 5.38. The maximum absolute atomic E-state index is 4.92. The minimum Gasteiger partial charge on any atom is -0.368 e. The molecule has 1 aromatic carbocycles. The highest BCUT2D eigenvalue weighted by Crippen LogP contribution is 2.17. The molecule has 0 spiro atoms. The molecular formula is C23H38IN7S. The van der Waals surface area contributed by atoms with Crippen LogP contribution in [0.4, 0.5) is 5.69 Å². The summed E-state index contributed by atoms with van der Waals surface area (Å²) in [6, 6.07) is 10.7. The van der Waals surface area contributed by atoms with Gasteiger partial charge in [0.1, 0.15) is 5.82 Å². The molecule has 0 aliphatic carbocycles. The minimum absolute atomic E-state index is 0. The summed E-state index contributed by atoms with van der Waals surface area (Å²) in [5.41, 5.74) is 1.30. The van der Waals surface area contributed by atoms with Crippen molar-refractivity contribution in [1.29, 1.82) is 0 Å². The van der Waals surface area contributed by atoms with Crippen LogP contribution in [-0.4, -0.2) is 71.1 Å². The average Bonchev–Trinajstić information content (AvgIpc) is 3.17. The predicted octanol–water partition coefficient (Wildman–Crippen LogP) is 3.99. The second-order valence-electron chi connectivity index (χ2n) is 8.26. The van der Waals surface area contributed by atoms with Gasteiger partial charge in [-0.3, -0.25) is 4.99 Å². The van der Waals surface area contributed by atoms with Crippen LogP contribution in [0, 0.1) is 5.92 Å². The van der Waals surface area contributed by atoms with Crippen LogP contribution in [0.2, 0.25) is 0 Å². The molecule has 0 atom stereocenters. The highest BCUT2D eigenvalue weighted by atomic mass is 127. The van der Waals surface area contributed by atoms with Gasteiger partial charge in [-0.1, -0.05) is 43.8 Å². The predicted molar refractivity (Wildman–Crippen MR) is 147 cm³/mol. The molecule has 3 rings (SSSR count). The molecule has 1 N–H and O–H groups in total. The number of para-hydroxylation sites is 1. The fourth-order valence-electron chi connectivity index (χ4n) is 3.87. The number of rotatable bonds is 9. The zero-order chi connectivity index (χ0) is 22.1. The number of nitrogens with zero attached hydrogens (tertiary/aromatic N) is 6. The fraction of sp³-hybridized carbons (Fsp3) is 0.609. The largest absolute Gasteiger partial charge is 0.368 e. The summed E-state index contributed by atoms with van der Waals surface area (Å²) in [6.45, 7) is 13.3. The van der Waals surface area contributed by atoms with E-state index in [2.05, 4.69) is 87.2 Å². The molecule has 32 heavy (non-hydrogen) atoms. The number of nitrogens with one attached hydrogen (secondary N) is 1. The third kappa shape index (κ3) is 7.54. The number of aryl methyl sites for hydroxylation is 1. The molecule has 1 aromatic heterocycles. The Morgan fingerprint density at radius 2 is 1.84 bits per heavy atom. The quantitative estimate of drug-likeness (QED) is 0.162. The summed E-state index contributed by atoms with van der Waals surface area (Å²) in [7, 11) is 0. The highest BCUT2D eigenvalue weighted by molar-refractivity contribution is 14.0. The van der Waals surface area contributed by atoms with E-state index in [0.717, 1.165) is 75.6 Å². The summed E-state index contributed by atoms with van der Waals surface area (Å²) in [5.74, 6) is 2.69. The SMILES string of the molecule is CCNC(=NCCCc1nnc(SC)n1CC(C)C)N1CCN(c2ccccc2)CC1.I. The Hall–Kier alpha value is -1.49. The minimum atomic E-state index is 0. The zero-order valence-electron chi connectivity index (χ0n) is 19.8. The van der Waals surface area contributed by atoms with Crippen molar-refractivity contribution in [3.8, 4) is 0 Å². The molecule has 0 unspecified atom stereocenters. The molecule has 1 saturated heterocycles. The number of piperazine rings is 1. The molecule has 1 aliphatic rings. The van der Waals surface area contributed by atoms with E-state index in [4.69, 9.17) is 4.99 Å². The summed E-state index contributed by atoms with van der Waals surface area (Å²) >= 11 is 1.67. The van der Waals surface area contributed by atoms with Crippen LogP contribution in [0.5, 0.6) is 0 Å². The second-order valence-corrected chi connectivity index (χ2v) is 9.03. The Bertz CT molecular complexity index is 817. The van der Waals surface area contributed by atoms with Gasteiger partial charge in [-0.05, 0) is 37.7 Å². The van der Waals surface area contributed by atoms with E-state index < -0.39 is 0 Å². The number of benzene rings is 1. The molecule has 0 amide bonds. The lowest BCUT2D eigenvalue weighted by molar-refractivity contribution is 0.372. The lowest BCUT2D eigenvalue weighted by Gasteiger charge is -2.37. The van der Waals surface area contributed by atoms with Gasteiger partial charge < -0.3 is 19.7 Å². The molecule has 178 valence electrons. The van der Waals surface area contributed by atoms with E-state index in [1.165, 1.54) is 5.69 Å². The van der Waals surface area contributed by atoms with E-state index in [9.17, 15) is 0 Å². The zero-order valence-corrected chi connectivity index (χ0v) is 23.0. The van der Waals surface area contributed by atoms with E-state index in [0.29, 0.717) is 5.92 Å². The van der Waals surface area contributed by atoms with E-state index in [1.807, 2.05) is 0 Å². The number of anilines is 1. The van der Waals surface area contributed by atoms with Crippen LogP contribution >= 0.6 is 35.7 Å². The van der Waals surface area contributed by atoms with Crippen LogP contribution in [0.25, 0.3) is 0 Å². The molecule has 1 aliphatic heterocycles. The number of hydrogen-bond donors (Lipinski definition) is 1. The van der Waals surface area contributed by atoms with Gasteiger partial charge in [0.15, 0.2) is 11.1 Å². The van der Waals surface area contributed by atoms with Crippen molar-refractivity contribution in [2.45, 2.75) is 45.3 Å². The van der Waals surface area contributed by atoms with Crippen molar-refractivity contribution < 1.29 is 0 Å². The van der Waals surface area contributed by atoms with Gasteiger partial charge in [0.05, 0.1) is 0 Å². The molecule has 7 nitrogen and oxygen atoms in total. The van der Waals surface area contributed by atoms with Crippen molar-refractivity contribution in [3.05, 3.63) is 36.2 Å². The standard InChI is InChI=1S/C23H37N7S.HI/c1-5-24-22(29-16-14-28(15-17-29)20-10-7-6-8-11-20)25-13-9-12-21-26-27-23(31-4)30(21)18-19(2)3;/h6-8,10-11,19H,5,9,12-18H2,1-4H3,(H,24,25);1H. The topological polar surface area (TPSA) is 61.6 Å². The number of hydrogen-bond acceptors (Lipinski definition) is 5. The Morgan fingerprint density at radius 3 is 2.47 bits per heavy atom. The molecule has 0 radical (unpaired) electrons. The normalized spacial score (nSPS) is 14.6. The monoisotopic (exact) mass is 571 g/mol. The second kappa shape index (κ2) is 13.9. The van der Waals surface area contributed by atoms with Gasteiger partial charge in [-0.25, -0.2) is 0 Å². The van der Waals surface area contributed by atoms with Gasteiger partial charge in [-0.15, -0.1) is 34.2 Å². The first kappa shape index (κ1) is 26.8. The lowest BCUT2D eigenvalue weighted by Crippen LogP contribution is -2.52. The molecule has 0 saturated carbocycles. The first-order valence-electron chi connectivity index (χ1n) is 11.4. The van der Waals surface area contributed by atoms with Gasteiger partial charge >= 0.3 is 0 Å². The van der Waals surface area contributed by atoms with Crippen LogP contribution < -0.4 is 10.2 Å². The molecular weight excluding hydrogens is 533 g/mol. The van der Waals surface area contributed by atoms with E-state index >= 15 is 0 Å². The third-order valence-corrected chi connectivity index (χ3v) is 6.05. The number of halogens is 1. The van der Waals surface area contributed by atoms with Crippen LogP contribution in [0.1, 0.15) is 33.0 Å². The molecule has 1 fully saturated rings. The smallest absolute Gasteiger partial charge is 0.194 e. The number of aliphatic imine (C=N–C) groups is 1. The fourth-order valence-corrected chi connectivity index (χ4v) is 4.39. The van der Waals surface area contributed by atoms with Gasteiger partial charge in [0.25, 0.3) is 0 Å². The maximum Gasteiger partial charge on any atom is 0.194 e. The number of aromatic nitrogens is 3. The summed E-state index contributed by atoms with van der Waals surface area (Å²) in [4.78, 5) is 9.75. The van der Waals surface area contributed by atoms with Crippen LogP contribution in [0.3, 0.4) is 0 Å². The van der Waals surface area contributed by atoms with Gasteiger partial charge in [-0.2, -0.15) is 0 Å². The van der Waals surface area contributed by atoms with Crippen molar-refractivity contribution in [2.24, 2.45) is 10.9 Å². The van der Waals surface area contributed by atoms with E-state index in [1.54, 1.807) is 11.8 Å². The Labute approximate surface area is 214 Å². The van der Waals surface area contributed by atoms with Crippen molar-refractivity contribution in [3.63, 3.8) is 0 Å². The van der Waals surface area contributed by atoms with Crippen molar-refractivity contribution >= 4 is 47.4 Å². The Kier molecular flexibility index (Phi) is 11.6. The van der Waals surface area contributed by atoms with Crippen molar-refractivity contribution in [1.82, 2.24) is 25.0 Å². The Balaban J connectivity index is 0.00000363. The van der Waals surface area contributed by atoms with E-state index in [-0.39, 0.29) is 24.0 Å². The Morgan fingerprint density at radius 1 is 1.12 bits per heavy atom. The molecule has 0 bridgehead atoms. The molecule has 2 aromatic rings. The van der Waals surface area contributed by atoms with Crippen molar-refractivity contribution in [2.75, 3.05) is 50.4 Å². The van der Waals surface area contributed by atoms with Crippen LogP contribution in [-0.2, 0) is 13.0 Å². The molecule has 9 heteroatoms. The highest BCUT2D eigenvalue weighted by Gasteiger charge is 2.19. The summed E-state index contributed by atoms with van der Waals surface area (Å²) < 4.78 is 2.27. The first-order valence-corrected chi connectivity index (χ1v) is 12.6. The number of thioether (sulfide) groups is 1. The number of guanidine groups is 1. The van der Waals surface area contributed by atoms with Crippen LogP contribution in [0.15, 0.2) is 40.5 Å². The first-order chi connectivity index (χ1) is 15.1. The lowest BCUT2D eigenvalue weighted by atomic mass is 10.2. The summed E-state index contributed by atoms with van der Waals surface area (Å²) in [5, 5.41) is 13.3. The maximum atomic E-state index is 4.92. The van der Waals surface area contributed by atoms with Gasteiger partial charge in [0.2, 0.25) is 0 Å². The molecule has 2 heterocycles. The summed E-state index contributed by atoms with van der Waals surface area (Å²) in [6.07, 6.45) is 3.95. The van der Waals surface area contributed by atoms with Gasteiger partial charge in [0, 0.05) is 57.9 Å². The average molecular weight is 572 g/mol.